The molecule has 0 aromatic rings. The van der Waals surface area contributed by atoms with E-state index < -0.39 is 0 Å². The van der Waals surface area contributed by atoms with Crippen molar-refractivity contribution in [2.75, 3.05) is 0 Å². The van der Waals surface area contributed by atoms with E-state index >= 15 is 0 Å². The molecule has 2 aliphatic rings. The highest BCUT2D eigenvalue weighted by atomic mass is 16.6. The van der Waals surface area contributed by atoms with Crippen LogP contribution in [-0.4, -0.2) is 12.2 Å². The fourth-order valence-corrected chi connectivity index (χ4v) is 1.38. The molecule has 1 heteroatoms. The Morgan fingerprint density at radius 3 is 1.80 bits per heavy atom. The molecule has 0 aromatic carbocycles. The summed E-state index contributed by atoms with van der Waals surface area (Å²) >= 11 is 0. The van der Waals surface area contributed by atoms with Gasteiger partial charge in [0.1, 0.15) is 0 Å². The highest BCUT2D eigenvalue weighted by Crippen LogP contribution is 2.35. The van der Waals surface area contributed by atoms with Crippen LogP contribution >= 0.6 is 0 Å². The summed E-state index contributed by atoms with van der Waals surface area (Å²) in [6.45, 7) is 4.25. The summed E-state index contributed by atoms with van der Waals surface area (Å²) in [4.78, 5) is 0. The Morgan fingerprint density at radius 1 is 1.10 bits per heavy atom. The van der Waals surface area contributed by atoms with Gasteiger partial charge in [-0.1, -0.05) is 33.1 Å². The van der Waals surface area contributed by atoms with Gasteiger partial charge < -0.3 is 4.74 Å². The molecule has 1 aliphatic carbocycles. The van der Waals surface area contributed by atoms with E-state index in [1.807, 2.05) is 0 Å². The van der Waals surface area contributed by atoms with Crippen molar-refractivity contribution in [2.45, 2.75) is 58.2 Å². The maximum absolute atomic E-state index is 5.28. The lowest BCUT2D eigenvalue weighted by Gasteiger charge is -2.00. The van der Waals surface area contributed by atoms with Crippen LogP contribution in [0.15, 0.2) is 0 Å². The fourth-order valence-electron chi connectivity index (χ4n) is 1.38. The molecule has 2 fully saturated rings. The predicted molar refractivity (Wildman–Crippen MR) is 43.1 cm³/mol. The van der Waals surface area contributed by atoms with Crippen molar-refractivity contribution in [3.05, 3.63) is 0 Å². The van der Waals surface area contributed by atoms with Crippen LogP contribution in [0.5, 0.6) is 0 Å². The summed E-state index contributed by atoms with van der Waals surface area (Å²) < 4.78 is 5.28. The van der Waals surface area contributed by atoms with Crippen molar-refractivity contribution < 1.29 is 4.74 Å². The summed E-state index contributed by atoms with van der Waals surface area (Å²) in [5.41, 5.74) is 0. The quantitative estimate of drug-likeness (QED) is 0.474. The lowest BCUT2D eigenvalue weighted by Crippen LogP contribution is -2.00. The lowest BCUT2D eigenvalue weighted by molar-refractivity contribution is 0.373. The summed E-state index contributed by atoms with van der Waals surface area (Å²) in [6.07, 6.45) is 8.14. The SMILES string of the molecule is C1CCC2OC2C1.CCC. The largest absolute Gasteiger partial charge is 0.370 e. The minimum atomic E-state index is 0.703. The van der Waals surface area contributed by atoms with Crippen molar-refractivity contribution in [3.63, 3.8) is 0 Å². The van der Waals surface area contributed by atoms with Crippen molar-refractivity contribution >= 4 is 0 Å². The molecule has 2 rings (SSSR count). The molecule has 0 aromatic heterocycles. The third-order valence-corrected chi connectivity index (χ3v) is 1.91. The van der Waals surface area contributed by atoms with Gasteiger partial charge in [-0.25, -0.2) is 0 Å². The zero-order valence-corrected chi connectivity index (χ0v) is 7.10. The average Bonchev–Trinajstić information content (AvgIpc) is 2.66. The second kappa shape index (κ2) is 3.97. The van der Waals surface area contributed by atoms with Gasteiger partial charge in [0.2, 0.25) is 0 Å². The fraction of sp³-hybridized carbons (Fsp3) is 1.00. The Morgan fingerprint density at radius 2 is 1.50 bits per heavy atom. The molecule has 0 radical (unpaired) electrons. The molecule has 1 nitrogen and oxygen atoms in total. The first-order chi connectivity index (χ1) is 4.88. The molecular weight excluding hydrogens is 124 g/mol. The van der Waals surface area contributed by atoms with E-state index in [0.717, 1.165) is 0 Å². The van der Waals surface area contributed by atoms with E-state index in [4.69, 9.17) is 4.74 Å². The third-order valence-electron chi connectivity index (χ3n) is 1.91. The summed E-state index contributed by atoms with van der Waals surface area (Å²) in [7, 11) is 0. The van der Waals surface area contributed by atoms with Crippen molar-refractivity contribution in [1.29, 1.82) is 0 Å². The molecule has 60 valence electrons. The molecule has 1 heterocycles. The van der Waals surface area contributed by atoms with E-state index in [0.29, 0.717) is 12.2 Å². The maximum Gasteiger partial charge on any atom is 0.0841 e. The van der Waals surface area contributed by atoms with Crippen LogP contribution in [0.25, 0.3) is 0 Å². The molecule has 1 saturated carbocycles. The van der Waals surface area contributed by atoms with Crippen molar-refractivity contribution in [2.24, 2.45) is 0 Å². The molecule has 1 saturated heterocycles. The number of ether oxygens (including phenoxy) is 1. The van der Waals surface area contributed by atoms with Crippen LogP contribution in [0.3, 0.4) is 0 Å². The van der Waals surface area contributed by atoms with Crippen LogP contribution < -0.4 is 0 Å². The van der Waals surface area contributed by atoms with Gasteiger partial charge in [-0.2, -0.15) is 0 Å². The highest BCUT2D eigenvalue weighted by molar-refractivity contribution is 4.87. The van der Waals surface area contributed by atoms with Gasteiger partial charge >= 0.3 is 0 Å². The Balaban J connectivity index is 0.000000148. The number of hydrogen-bond acceptors (Lipinski definition) is 1. The van der Waals surface area contributed by atoms with E-state index in [-0.39, 0.29) is 0 Å². The molecular formula is C9H18O. The molecule has 0 spiro atoms. The van der Waals surface area contributed by atoms with E-state index in [2.05, 4.69) is 13.8 Å². The number of rotatable bonds is 0. The summed E-state index contributed by atoms with van der Waals surface area (Å²) in [5.74, 6) is 0. The van der Waals surface area contributed by atoms with Crippen LogP contribution in [0.2, 0.25) is 0 Å². The molecule has 2 atom stereocenters. The Kier molecular flexibility index (Phi) is 3.20. The molecule has 0 N–H and O–H groups in total. The Labute approximate surface area is 63.8 Å². The van der Waals surface area contributed by atoms with Crippen molar-refractivity contribution in [1.82, 2.24) is 0 Å². The maximum atomic E-state index is 5.28. The predicted octanol–water partition coefficient (Wildman–Crippen LogP) is 2.74. The summed E-state index contributed by atoms with van der Waals surface area (Å²) in [5, 5.41) is 0. The first-order valence-electron chi connectivity index (χ1n) is 4.54. The summed E-state index contributed by atoms with van der Waals surface area (Å²) in [6, 6.07) is 0. The minimum Gasteiger partial charge on any atom is -0.370 e. The van der Waals surface area contributed by atoms with Gasteiger partial charge in [-0.3, -0.25) is 0 Å². The standard InChI is InChI=1S/C6H10O.C3H8/c1-2-4-6-5(3-1)7-6;1-3-2/h5-6H,1-4H2;3H2,1-2H3. The second-order valence-corrected chi connectivity index (χ2v) is 3.20. The topological polar surface area (TPSA) is 12.5 Å². The van der Waals surface area contributed by atoms with Gasteiger partial charge in [-0.15, -0.1) is 0 Å². The molecule has 10 heavy (non-hydrogen) atoms. The van der Waals surface area contributed by atoms with Gasteiger partial charge in [0.05, 0.1) is 12.2 Å². The monoisotopic (exact) mass is 142 g/mol. The minimum absolute atomic E-state index is 0.703. The van der Waals surface area contributed by atoms with Gasteiger partial charge in [0.15, 0.2) is 0 Å². The van der Waals surface area contributed by atoms with E-state index in [1.165, 1.54) is 32.1 Å². The zero-order chi connectivity index (χ0) is 7.40. The van der Waals surface area contributed by atoms with Crippen LogP contribution in [-0.2, 0) is 4.74 Å². The highest BCUT2D eigenvalue weighted by Gasteiger charge is 2.39. The van der Waals surface area contributed by atoms with E-state index in [1.54, 1.807) is 0 Å². The van der Waals surface area contributed by atoms with Crippen LogP contribution in [0.1, 0.15) is 46.0 Å². The van der Waals surface area contributed by atoms with Crippen molar-refractivity contribution in [3.8, 4) is 0 Å². The number of fused-ring (bicyclic) bond motifs is 1. The average molecular weight is 142 g/mol. The Hall–Kier alpha value is -0.0400. The molecule has 2 unspecified atom stereocenters. The van der Waals surface area contributed by atoms with Crippen LogP contribution in [0.4, 0.5) is 0 Å². The van der Waals surface area contributed by atoms with Gasteiger partial charge in [-0.05, 0) is 12.8 Å². The first-order valence-corrected chi connectivity index (χ1v) is 4.54. The molecule has 1 aliphatic heterocycles. The third kappa shape index (κ3) is 2.30. The normalized spacial score (nSPS) is 35.4. The second-order valence-electron chi connectivity index (χ2n) is 3.20. The molecule has 0 bridgehead atoms. The van der Waals surface area contributed by atoms with Gasteiger partial charge in [0.25, 0.3) is 0 Å². The first kappa shape index (κ1) is 8.06. The Bertz CT molecular complexity index is 80.7. The smallest absolute Gasteiger partial charge is 0.0841 e. The zero-order valence-electron chi connectivity index (χ0n) is 7.10. The molecule has 0 amide bonds. The lowest BCUT2D eigenvalue weighted by atomic mass is 10.0. The van der Waals surface area contributed by atoms with E-state index in [9.17, 15) is 0 Å². The number of hydrogen-bond donors (Lipinski definition) is 0. The number of epoxide rings is 1. The van der Waals surface area contributed by atoms with Gasteiger partial charge in [0, 0.05) is 0 Å². The van der Waals surface area contributed by atoms with Crippen LogP contribution in [0, 0.1) is 0 Å².